The predicted octanol–water partition coefficient (Wildman–Crippen LogP) is 5.17. The van der Waals surface area contributed by atoms with Crippen LogP contribution < -0.4 is 5.23 Å². The number of aliphatic imine (C=N–C) groups is 1. The standard InChI is InChI=1S/C25H20BFN2/c1-17-7-9-19(10-8-17)22-5-3-4-6-23(22)25-18(2)15-24(29-26-16-28-25)20-11-13-21(27)14-12-20/h3-16,29H,2H2,1H3/b24-15-,28-25?. The Morgan fingerprint density at radius 1 is 0.862 bits per heavy atom. The van der Waals surface area contributed by atoms with Crippen molar-refractivity contribution in [2.75, 3.05) is 0 Å². The molecule has 0 fully saturated rings. The molecule has 4 heteroatoms. The van der Waals surface area contributed by atoms with E-state index in [-0.39, 0.29) is 5.82 Å². The van der Waals surface area contributed by atoms with Gasteiger partial charge in [-0.05, 0) is 0 Å². The normalized spacial score (nSPS) is 15.3. The average Bonchev–Trinajstić information content (AvgIpc) is 2.72. The van der Waals surface area contributed by atoms with Crippen LogP contribution in [0.15, 0.2) is 96.0 Å². The minimum absolute atomic E-state index is 0.260. The number of hydrogen-bond donors (Lipinski definition) is 1. The van der Waals surface area contributed by atoms with Crippen LogP contribution in [0.1, 0.15) is 16.7 Å². The fourth-order valence-electron chi connectivity index (χ4n) is 3.32. The molecule has 0 saturated heterocycles. The number of halogens is 1. The molecular weight excluding hydrogens is 358 g/mol. The van der Waals surface area contributed by atoms with Gasteiger partial charge in [-0.2, -0.15) is 0 Å². The Morgan fingerprint density at radius 2 is 1.52 bits per heavy atom. The molecule has 0 saturated carbocycles. The molecule has 0 spiro atoms. The van der Waals surface area contributed by atoms with E-state index in [1.807, 2.05) is 18.2 Å². The first-order valence-corrected chi connectivity index (χ1v) is 9.44. The fourth-order valence-corrected chi connectivity index (χ4v) is 3.32. The third-order valence-electron chi connectivity index (χ3n) is 4.84. The summed E-state index contributed by atoms with van der Waals surface area (Å²) in [6.45, 7) is 6.34. The van der Waals surface area contributed by atoms with E-state index in [9.17, 15) is 4.39 Å². The van der Waals surface area contributed by atoms with Crippen molar-refractivity contribution >= 4 is 24.6 Å². The molecule has 3 aromatic carbocycles. The Balaban J connectivity index is 1.77. The van der Waals surface area contributed by atoms with Crippen molar-refractivity contribution < 1.29 is 4.39 Å². The third-order valence-corrected chi connectivity index (χ3v) is 4.84. The zero-order chi connectivity index (χ0) is 20.2. The summed E-state index contributed by atoms with van der Waals surface area (Å²) in [5, 5.41) is 3.20. The van der Waals surface area contributed by atoms with Gasteiger partial charge in [-0.15, -0.1) is 0 Å². The van der Waals surface area contributed by atoms with Gasteiger partial charge in [-0.1, -0.05) is 0 Å². The number of benzene rings is 3. The molecule has 0 atom stereocenters. The number of aryl methyl sites for hydroxylation is 1. The minimum atomic E-state index is -0.260. The number of rotatable bonds is 3. The molecule has 0 radical (unpaired) electrons. The molecule has 29 heavy (non-hydrogen) atoms. The summed E-state index contributed by atoms with van der Waals surface area (Å²) in [6, 6.07) is 23.0. The molecule has 0 aliphatic carbocycles. The van der Waals surface area contributed by atoms with E-state index in [1.165, 1.54) is 17.7 Å². The van der Waals surface area contributed by atoms with Crippen LogP contribution >= 0.6 is 0 Å². The van der Waals surface area contributed by atoms with Crippen molar-refractivity contribution in [3.63, 3.8) is 0 Å². The summed E-state index contributed by atoms with van der Waals surface area (Å²) in [7, 11) is 1.77. The quantitative estimate of drug-likeness (QED) is 0.625. The van der Waals surface area contributed by atoms with Crippen molar-refractivity contribution in [1.82, 2.24) is 5.23 Å². The monoisotopic (exact) mass is 378 g/mol. The van der Waals surface area contributed by atoms with E-state index in [1.54, 1.807) is 25.3 Å². The van der Waals surface area contributed by atoms with Crippen LogP contribution in [0.4, 0.5) is 4.39 Å². The third kappa shape index (κ3) is 4.17. The Bertz CT molecular complexity index is 1140. The predicted molar refractivity (Wildman–Crippen MR) is 122 cm³/mol. The molecule has 140 valence electrons. The van der Waals surface area contributed by atoms with E-state index in [4.69, 9.17) is 0 Å². The van der Waals surface area contributed by atoms with E-state index in [0.29, 0.717) is 0 Å². The molecule has 0 amide bonds. The molecule has 1 aliphatic rings. The first-order valence-electron chi connectivity index (χ1n) is 9.44. The van der Waals surface area contributed by atoms with E-state index in [0.717, 1.165) is 39.2 Å². The zero-order valence-electron chi connectivity index (χ0n) is 16.2. The molecule has 1 aliphatic heterocycles. The Labute approximate surface area is 171 Å². The Hall–Kier alpha value is -3.53. The van der Waals surface area contributed by atoms with E-state index < -0.39 is 0 Å². The number of allylic oxidation sites excluding steroid dienone is 2. The second-order valence-electron chi connectivity index (χ2n) is 6.94. The maximum atomic E-state index is 13.3. The van der Waals surface area contributed by atoms with Gasteiger partial charge < -0.3 is 0 Å². The molecule has 0 aromatic heterocycles. The summed E-state index contributed by atoms with van der Waals surface area (Å²) in [5.74, 6) is -0.260. The van der Waals surface area contributed by atoms with Crippen molar-refractivity contribution in [1.29, 1.82) is 0 Å². The van der Waals surface area contributed by atoms with Gasteiger partial charge in [0.25, 0.3) is 0 Å². The van der Waals surface area contributed by atoms with Gasteiger partial charge in [-0.25, -0.2) is 0 Å². The van der Waals surface area contributed by atoms with Crippen LogP contribution in [0.25, 0.3) is 16.8 Å². The van der Waals surface area contributed by atoms with Crippen LogP contribution in [-0.2, 0) is 0 Å². The second-order valence-corrected chi connectivity index (χ2v) is 6.94. The summed E-state index contributed by atoms with van der Waals surface area (Å²) < 4.78 is 13.3. The van der Waals surface area contributed by atoms with Gasteiger partial charge >= 0.3 is 171 Å². The van der Waals surface area contributed by atoms with Gasteiger partial charge in [0.15, 0.2) is 0 Å². The molecule has 4 rings (SSSR count). The molecular formula is C25H20BFN2. The fraction of sp³-hybridized carbons (Fsp3) is 0.0400. The van der Waals surface area contributed by atoms with Crippen LogP contribution in [0.5, 0.6) is 0 Å². The topological polar surface area (TPSA) is 24.4 Å². The van der Waals surface area contributed by atoms with Crippen LogP contribution in [0.2, 0.25) is 0 Å². The van der Waals surface area contributed by atoms with Gasteiger partial charge in [0.05, 0.1) is 0 Å². The molecule has 1 N–H and O–H groups in total. The second kappa shape index (κ2) is 8.23. The van der Waals surface area contributed by atoms with Gasteiger partial charge in [0.2, 0.25) is 0 Å². The molecule has 2 nitrogen and oxygen atoms in total. The summed E-state index contributed by atoms with van der Waals surface area (Å²) in [4.78, 5) is 4.65. The van der Waals surface area contributed by atoms with Gasteiger partial charge in [0, 0.05) is 0 Å². The van der Waals surface area contributed by atoms with Crippen molar-refractivity contribution in [3.8, 4) is 11.1 Å². The summed E-state index contributed by atoms with van der Waals surface area (Å²) in [5.41, 5.74) is 7.78. The van der Waals surface area contributed by atoms with Crippen molar-refractivity contribution in [2.24, 2.45) is 4.99 Å². The first kappa shape index (κ1) is 18.8. The Morgan fingerprint density at radius 3 is 2.24 bits per heavy atom. The summed E-state index contributed by atoms with van der Waals surface area (Å²) >= 11 is 0. The van der Waals surface area contributed by atoms with Crippen LogP contribution in [0, 0.1) is 12.7 Å². The molecule has 0 bridgehead atoms. The maximum absolute atomic E-state index is 13.3. The number of hydrogen-bond acceptors (Lipinski definition) is 2. The number of nitrogens with zero attached hydrogens (tertiary/aromatic N) is 1. The van der Waals surface area contributed by atoms with E-state index in [2.05, 4.69) is 60.1 Å². The SMILES string of the molecule is C=C1/C=C(/c2ccc(F)cc2)NB=CN=C1c1ccccc1-c1ccc(C)cc1. The summed E-state index contributed by atoms with van der Waals surface area (Å²) in [6.07, 6.45) is 3.67. The molecule has 3 aromatic rings. The number of nitrogens with one attached hydrogen (secondary N) is 1. The van der Waals surface area contributed by atoms with Crippen molar-refractivity contribution in [3.05, 3.63) is 114 Å². The zero-order valence-corrected chi connectivity index (χ0v) is 16.2. The Kier molecular flexibility index (Phi) is 5.34. The molecule has 0 unspecified atom stereocenters. The van der Waals surface area contributed by atoms with Gasteiger partial charge in [0.1, 0.15) is 0 Å². The van der Waals surface area contributed by atoms with Crippen molar-refractivity contribution in [2.45, 2.75) is 6.92 Å². The first-order chi connectivity index (χ1) is 14.1. The molecule has 1 heterocycles. The van der Waals surface area contributed by atoms with Gasteiger partial charge in [-0.3, -0.25) is 0 Å². The van der Waals surface area contributed by atoms with Crippen LogP contribution in [0.3, 0.4) is 0 Å². The average molecular weight is 378 g/mol. The van der Waals surface area contributed by atoms with Crippen LogP contribution in [-0.4, -0.2) is 18.9 Å². The van der Waals surface area contributed by atoms with E-state index >= 15 is 0 Å².